The van der Waals surface area contributed by atoms with Gasteiger partial charge in [0, 0.05) is 26.2 Å². The van der Waals surface area contributed by atoms with Gasteiger partial charge in [-0.15, -0.1) is 0 Å². The molecule has 0 N–H and O–H groups in total. The Labute approximate surface area is 156 Å². The fraction of sp³-hybridized carbons (Fsp3) is 0.409. The van der Waals surface area contributed by atoms with Crippen LogP contribution >= 0.6 is 0 Å². The van der Waals surface area contributed by atoms with E-state index >= 15 is 0 Å². The molecule has 2 aliphatic rings. The molecule has 1 saturated heterocycles. The maximum Gasteiger partial charge on any atom is 0.197 e. The maximum absolute atomic E-state index is 5.25. The average molecular weight is 349 g/mol. The van der Waals surface area contributed by atoms with E-state index < -0.39 is 0 Å². The SMILES string of the molecule is COc1ccc(CC2CCN(C3=NCCN3Cc3ccccc3)C2)cc1. The van der Waals surface area contributed by atoms with Gasteiger partial charge >= 0.3 is 0 Å². The molecule has 2 aromatic carbocycles. The van der Waals surface area contributed by atoms with Gasteiger partial charge in [0.05, 0.1) is 13.7 Å². The number of hydrogen-bond acceptors (Lipinski definition) is 4. The van der Waals surface area contributed by atoms with Crippen molar-refractivity contribution in [1.82, 2.24) is 9.80 Å². The molecule has 26 heavy (non-hydrogen) atoms. The molecule has 4 heteroatoms. The van der Waals surface area contributed by atoms with Crippen molar-refractivity contribution in [1.29, 1.82) is 0 Å². The van der Waals surface area contributed by atoms with Gasteiger partial charge in [0.1, 0.15) is 5.75 Å². The van der Waals surface area contributed by atoms with Gasteiger partial charge in [-0.05, 0) is 42.0 Å². The van der Waals surface area contributed by atoms with Crippen LogP contribution in [-0.2, 0) is 13.0 Å². The summed E-state index contributed by atoms with van der Waals surface area (Å²) in [5, 5.41) is 0. The van der Waals surface area contributed by atoms with Gasteiger partial charge in [-0.3, -0.25) is 4.99 Å². The number of rotatable bonds is 5. The van der Waals surface area contributed by atoms with Crippen LogP contribution < -0.4 is 4.74 Å². The standard InChI is InChI=1S/C22H27N3O/c1-26-21-9-7-18(8-10-21)15-20-11-13-24(17-20)22-23-12-14-25(22)16-19-5-3-2-4-6-19/h2-10,20H,11-17H2,1H3. The van der Waals surface area contributed by atoms with Crippen molar-refractivity contribution in [3.8, 4) is 5.75 Å². The van der Waals surface area contributed by atoms with Crippen LogP contribution in [-0.4, -0.2) is 49.0 Å². The minimum atomic E-state index is 0.699. The quantitative estimate of drug-likeness (QED) is 0.828. The van der Waals surface area contributed by atoms with E-state index in [1.165, 1.54) is 23.5 Å². The summed E-state index contributed by atoms with van der Waals surface area (Å²) < 4.78 is 5.25. The van der Waals surface area contributed by atoms with E-state index in [4.69, 9.17) is 9.73 Å². The normalized spacial score (nSPS) is 19.7. The largest absolute Gasteiger partial charge is 0.497 e. The van der Waals surface area contributed by atoms with Crippen LogP contribution in [0.4, 0.5) is 0 Å². The highest BCUT2D eigenvalue weighted by molar-refractivity contribution is 5.82. The molecule has 2 heterocycles. The van der Waals surface area contributed by atoms with Crippen molar-refractivity contribution >= 4 is 5.96 Å². The molecule has 4 rings (SSSR count). The fourth-order valence-electron chi connectivity index (χ4n) is 4.00. The first kappa shape index (κ1) is 17.0. The zero-order chi connectivity index (χ0) is 17.8. The Hall–Kier alpha value is -2.49. The third-order valence-electron chi connectivity index (χ3n) is 5.37. The van der Waals surface area contributed by atoms with Crippen molar-refractivity contribution in [3.05, 3.63) is 65.7 Å². The average Bonchev–Trinajstić information content (AvgIpc) is 3.32. The third-order valence-corrected chi connectivity index (χ3v) is 5.37. The number of methoxy groups -OCH3 is 1. The number of hydrogen-bond donors (Lipinski definition) is 0. The summed E-state index contributed by atoms with van der Waals surface area (Å²) >= 11 is 0. The van der Waals surface area contributed by atoms with Gasteiger partial charge in [0.15, 0.2) is 5.96 Å². The van der Waals surface area contributed by atoms with E-state index in [-0.39, 0.29) is 0 Å². The lowest BCUT2D eigenvalue weighted by Gasteiger charge is -2.28. The molecule has 1 atom stereocenters. The molecule has 2 aromatic rings. The summed E-state index contributed by atoms with van der Waals surface area (Å²) in [6.45, 7) is 5.13. The molecule has 4 nitrogen and oxygen atoms in total. The summed E-state index contributed by atoms with van der Waals surface area (Å²) in [6, 6.07) is 19.2. The van der Waals surface area contributed by atoms with Crippen LogP contribution in [0.1, 0.15) is 17.5 Å². The number of nitrogens with zero attached hydrogens (tertiary/aromatic N) is 3. The lowest BCUT2D eigenvalue weighted by atomic mass is 9.99. The number of likely N-dealkylation sites (tertiary alicyclic amines) is 1. The number of ether oxygens (including phenoxy) is 1. The Bertz CT molecular complexity index is 742. The molecule has 0 spiro atoms. The molecule has 1 fully saturated rings. The molecule has 136 valence electrons. The predicted molar refractivity (Wildman–Crippen MR) is 106 cm³/mol. The highest BCUT2D eigenvalue weighted by Gasteiger charge is 2.29. The number of aliphatic imine (C=N–C) groups is 1. The number of guanidine groups is 1. The Morgan fingerprint density at radius 3 is 2.58 bits per heavy atom. The van der Waals surface area contributed by atoms with Gasteiger partial charge in [-0.25, -0.2) is 0 Å². The molecule has 0 aliphatic carbocycles. The monoisotopic (exact) mass is 349 g/mol. The highest BCUT2D eigenvalue weighted by Crippen LogP contribution is 2.24. The van der Waals surface area contributed by atoms with Crippen molar-refractivity contribution in [2.75, 3.05) is 33.3 Å². The van der Waals surface area contributed by atoms with E-state index in [2.05, 4.69) is 64.4 Å². The summed E-state index contributed by atoms with van der Waals surface area (Å²) in [7, 11) is 1.72. The van der Waals surface area contributed by atoms with Crippen molar-refractivity contribution in [2.45, 2.75) is 19.4 Å². The van der Waals surface area contributed by atoms with Crippen LogP contribution in [0.25, 0.3) is 0 Å². The smallest absolute Gasteiger partial charge is 0.197 e. The van der Waals surface area contributed by atoms with E-state index in [0.29, 0.717) is 5.92 Å². The summed E-state index contributed by atoms with van der Waals surface area (Å²) in [4.78, 5) is 9.74. The molecule has 0 amide bonds. The lowest BCUT2D eigenvalue weighted by molar-refractivity contribution is 0.364. The van der Waals surface area contributed by atoms with E-state index in [1.54, 1.807) is 7.11 Å². The lowest BCUT2D eigenvalue weighted by Crippen LogP contribution is -2.40. The van der Waals surface area contributed by atoms with E-state index in [1.807, 2.05) is 0 Å². The van der Waals surface area contributed by atoms with E-state index in [0.717, 1.165) is 44.9 Å². The Morgan fingerprint density at radius 2 is 1.81 bits per heavy atom. The maximum atomic E-state index is 5.25. The van der Waals surface area contributed by atoms with Gasteiger partial charge in [0.25, 0.3) is 0 Å². The van der Waals surface area contributed by atoms with Crippen LogP contribution in [0.2, 0.25) is 0 Å². The Morgan fingerprint density at radius 1 is 1.00 bits per heavy atom. The predicted octanol–water partition coefficient (Wildman–Crippen LogP) is 3.43. The first-order valence-electron chi connectivity index (χ1n) is 9.53. The molecule has 2 aliphatic heterocycles. The van der Waals surface area contributed by atoms with Gasteiger partial charge in [-0.1, -0.05) is 42.5 Å². The van der Waals surface area contributed by atoms with Crippen molar-refractivity contribution in [2.24, 2.45) is 10.9 Å². The minimum absolute atomic E-state index is 0.699. The molecule has 0 bridgehead atoms. The highest BCUT2D eigenvalue weighted by atomic mass is 16.5. The molecule has 1 unspecified atom stereocenters. The Balaban J connectivity index is 1.35. The molecular weight excluding hydrogens is 322 g/mol. The Kier molecular flexibility index (Phi) is 5.09. The second-order valence-electron chi connectivity index (χ2n) is 7.24. The van der Waals surface area contributed by atoms with Crippen molar-refractivity contribution in [3.63, 3.8) is 0 Å². The fourth-order valence-corrected chi connectivity index (χ4v) is 4.00. The second-order valence-corrected chi connectivity index (χ2v) is 7.24. The summed E-state index contributed by atoms with van der Waals surface area (Å²) in [5.41, 5.74) is 2.75. The van der Waals surface area contributed by atoms with Gasteiger partial charge in [-0.2, -0.15) is 0 Å². The molecular formula is C22H27N3O. The minimum Gasteiger partial charge on any atom is -0.497 e. The van der Waals surface area contributed by atoms with Gasteiger partial charge < -0.3 is 14.5 Å². The molecule has 0 saturated carbocycles. The second kappa shape index (κ2) is 7.81. The third kappa shape index (κ3) is 3.85. The van der Waals surface area contributed by atoms with Gasteiger partial charge in [0.2, 0.25) is 0 Å². The van der Waals surface area contributed by atoms with Crippen LogP contribution in [0.5, 0.6) is 5.75 Å². The zero-order valence-electron chi connectivity index (χ0n) is 15.5. The topological polar surface area (TPSA) is 28.1 Å². The summed E-state index contributed by atoms with van der Waals surface area (Å²) in [5.74, 6) is 2.83. The first-order valence-corrected chi connectivity index (χ1v) is 9.53. The van der Waals surface area contributed by atoms with Crippen LogP contribution in [0.3, 0.4) is 0 Å². The summed E-state index contributed by atoms with van der Waals surface area (Å²) in [6.07, 6.45) is 2.37. The van der Waals surface area contributed by atoms with E-state index in [9.17, 15) is 0 Å². The molecule has 0 radical (unpaired) electrons. The van der Waals surface area contributed by atoms with Crippen LogP contribution in [0.15, 0.2) is 59.6 Å². The molecule has 0 aromatic heterocycles. The number of benzene rings is 2. The van der Waals surface area contributed by atoms with Crippen molar-refractivity contribution < 1.29 is 4.74 Å². The van der Waals surface area contributed by atoms with Crippen LogP contribution in [0, 0.1) is 5.92 Å². The zero-order valence-corrected chi connectivity index (χ0v) is 15.5. The first-order chi connectivity index (χ1) is 12.8.